The molecular weight excluding hydrogens is 280 g/mol. The third kappa shape index (κ3) is 1.14. The van der Waals surface area contributed by atoms with Gasteiger partial charge in [0.05, 0.1) is 9.93 Å². The Kier molecular flexibility index (Phi) is 2.26. The van der Waals surface area contributed by atoms with Crippen LogP contribution in [0, 0.1) is 23.2 Å². The molecule has 0 aliphatic heterocycles. The van der Waals surface area contributed by atoms with Crippen molar-refractivity contribution in [1.82, 2.24) is 0 Å². The van der Waals surface area contributed by atoms with Gasteiger partial charge in [-0.2, -0.15) is 0 Å². The molecule has 0 amide bonds. The standard InChI is InChI=1S/C14H21BrO2/c1-8(2)14(17)7-6-12(3)9-4-5-13(15,10(9)14)11(12)16/h8-10,17H,4-7H2,1-3H3. The molecule has 1 N–H and O–H groups in total. The molecule has 0 spiro atoms. The van der Waals surface area contributed by atoms with Crippen molar-refractivity contribution in [3.63, 3.8) is 0 Å². The number of aliphatic hydroxyl groups is 1. The Morgan fingerprint density at radius 2 is 2.00 bits per heavy atom. The summed E-state index contributed by atoms with van der Waals surface area (Å²) >= 11 is 3.73. The van der Waals surface area contributed by atoms with Gasteiger partial charge in [0.15, 0.2) is 5.78 Å². The maximum atomic E-state index is 12.6. The highest BCUT2D eigenvalue weighted by Crippen LogP contribution is 2.71. The Hall–Kier alpha value is 0.110. The van der Waals surface area contributed by atoms with E-state index in [1.165, 1.54) is 0 Å². The topological polar surface area (TPSA) is 37.3 Å². The molecule has 0 heterocycles. The molecule has 5 atom stereocenters. The van der Waals surface area contributed by atoms with Gasteiger partial charge in [0.1, 0.15) is 0 Å². The lowest BCUT2D eigenvalue weighted by atomic mass is 9.60. The number of hydrogen-bond donors (Lipinski definition) is 1. The van der Waals surface area contributed by atoms with Crippen LogP contribution in [0.25, 0.3) is 0 Å². The molecule has 0 saturated heterocycles. The minimum atomic E-state index is -0.656. The van der Waals surface area contributed by atoms with Gasteiger partial charge in [-0.25, -0.2) is 0 Å². The van der Waals surface area contributed by atoms with E-state index >= 15 is 0 Å². The normalized spacial score (nSPS) is 56.9. The van der Waals surface area contributed by atoms with Gasteiger partial charge in [-0.1, -0.05) is 36.7 Å². The Morgan fingerprint density at radius 3 is 2.59 bits per heavy atom. The number of alkyl halides is 1. The molecular formula is C14H21BrO2. The fourth-order valence-electron chi connectivity index (χ4n) is 4.90. The second-order valence-electron chi connectivity index (χ2n) is 6.88. The molecule has 3 rings (SSSR count). The van der Waals surface area contributed by atoms with Crippen molar-refractivity contribution >= 4 is 21.7 Å². The highest BCUT2D eigenvalue weighted by molar-refractivity contribution is 9.10. The molecule has 3 heteroatoms. The number of hydrogen-bond acceptors (Lipinski definition) is 2. The van der Waals surface area contributed by atoms with Crippen LogP contribution in [0.15, 0.2) is 0 Å². The zero-order valence-electron chi connectivity index (χ0n) is 10.8. The van der Waals surface area contributed by atoms with E-state index in [2.05, 4.69) is 36.7 Å². The predicted molar refractivity (Wildman–Crippen MR) is 70.0 cm³/mol. The van der Waals surface area contributed by atoms with E-state index in [9.17, 15) is 9.90 Å². The van der Waals surface area contributed by atoms with Crippen molar-refractivity contribution in [2.75, 3.05) is 0 Å². The molecule has 96 valence electrons. The van der Waals surface area contributed by atoms with Crippen molar-refractivity contribution in [3.05, 3.63) is 0 Å². The van der Waals surface area contributed by atoms with E-state index < -0.39 is 9.93 Å². The lowest BCUT2D eigenvalue weighted by Crippen LogP contribution is -2.52. The third-order valence-corrected chi connectivity index (χ3v) is 7.26. The van der Waals surface area contributed by atoms with Crippen LogP contribution < -0.4 is 0 Å². The average Bonchev–Trinajstić information content (AvgIpc) is 2.68. The van der Waals surface area contributed by atoms with E-state index in [1.807, 2.05) is 0 Å². The molecule has 0 aromatic rings. The number of ketones is 1. The van der Waals surface area contributed by atoms with Gasteiger partial charge >= 0.3 is 0 Å². The smallest absolute Gasteiger partial charge is 0.156 e. The third-order valence-electron chi connectivity index (χ3n) is 6.01. The highest BCUT2D eigenvalue weighted by Gasteiger charge is 2.75. The number of Topliss-reactive ketones (excluding diaryl/α,β-unsaturated/α-hetero) is 1. The number of rotatable bonds is 1. The molecule has 3 aliphatic rings. The first-order valence-corrected chi connectivity index (χ1v) is 7.52. The minimum absolute atomic E-state index is 0.126. The fraction of sp³-hybridized carbons (Fsp3) is 0.929. The number of carbonyl (C=O) groups is 1. The summed E-state index contributed by atoms with van der Waals surface area (Å²) in [5, 5.41) is 11.0. The van der Waals surface area contributed by atoms with Gasteiger partial charge < -0.3 is 5.11 Å². The zero-order valence-corrected chi connectivity index (χ0v) is 12.4. The monoisotopic (exact) mass is 300 g/mol. The molecule has 3 aliphatic carbocycles. The van der Waals surface area contributed by atoms with Crippen LogP contribution in [-0.2, 0) is 4.79 Å². The van der Waals surface area contributed by atoms with Crippen LogP contribution >= 0.6 is 15.9 Å². The van der Waals surface area contributed by atoms with Gasteiger partial charge in [0, 0.05) is 11.3 Å². The first kappa shape index (κ1) is 12.2. The van der Waals surface area contributed by atoms with Crippen molar-refractivity contribution in [1.29, 1.82) is 0 Å². The maximum Gasteiger partial charge on any atom is 0.156 e. The van der Waals surface area contributed by atoms with Crippen LogP contribution in [0.2, 0.25) is 0 Å². The van der Waals surface area contributed by atoms with Gasteiger partial charge in [-0.15, -0.1) is 0 Å². The van der Waals surface area contributed by atoms with E-state index in [0.29, 0.717) is 11.7 Å². The first-order chi connectivity index (χ1) is 7.77. The van der Waals surface area contributed by atoms with Gasteiger partial charge in [-0.3, -0.25) is 4.79 Å². The van der Waals surface area contributed by atoms with Crippen LogP contribution in [0.1, 0.15) is 46.5 Å². The van der Waals surface area contributed by atoms with Crippen LogP contribution in [-0.4, -0.2) is 20.8 Å². The highest BCUT2D eigenvalue weighted by atomic mass is 79.9. The molecule has 17 heavy (non-hydrogen) atoms. The molecule has 4 bridgehead atoms. The quantitative estimate of drug-likeness (QED) is 0.756. The Bertz CT molecular complexity index is 394. The van der Waals surface area contributed by atoms with Gasteiger partial charge in [0.25, 0.3) is 0 Å². The summed E-state index contributed by atoms with van der Waals surface area (Å²) < 4.78 is -0.429. The summed E-state index contributed by atoms with van der Waals surface area (Å²) in [5.41, 5.74) is -0.829. The zero-order chi connectivity index (χ0) is 12.6. The molecule has 3 saturated carbocycles. The second kappa shape index (κ2) is 3.16. The number of halogens is 1. The summed E-state index contributed by atoms with van der Waals surface area (Å²) in [7, 11) is 0. The van der Waals surface area contributed by atoms with Gasteiger partial charge in [-0.05, 0) is 37.5 Å². The summed E-state index contributed by atoms with van der Waals surface area (Å²) in [6.45, 7) is 6.29. The van der Waals surface area contributed by atoms with Crippen LogP contribution in [0.3, 0.4) is 0 Å². The Labute approximate surface area is 111 Å². The first-order valence-electron chi connectivity index (χ1n) is 6.73. The largest absolute Gasteiger partial charge is 0.389 e. The van der Waals surface area contributed by atoms with Crippen LogP contribution in [0.5, 0.6) is 0 Å². The van der Waals surface area contributed by atoms with Crippen molar-refractivity contribution in [2.45, 2.75) is 56.4 Å². The molecule has 0 radical (unpaired) electrons. The molecule has 0 aromatic carbocycles. The molecule has 5 unspecified atom stereocenters. The van der Waals surface area contributed by atoms with Crippen molar-refractivity contribution in [2.24, 2.45) is 23.2 Å². The Balaban J connectivity index is 2.14. The number of carbonyl (C=O) groups excluding carboxylic acids is 1. The molecule has 2 nitrogen and oxygen atoms in total. The van der Waals surface area contributed by atoms with E-state index in [4.69, 9.17) is 0 Å². The summed E-state index contributed by atoms with van der Waals surface area (Å²) in [6.07, 6.45) is 3.63. The maximum absolute atomic E-state index is 12.6. The molecule has 0 aromatic heterocycles. The second-order valence-corrected chi connectivity index (χ2v) is 8.29. The molecule has 3 fully saturated rings. The Morgan fingerprint density at radius 1 is 1.35 bits per heavy atom. The fourth-order valence-corrected chi connectivity index (χ4v) is 6.29. The minimum Gasteiger partial charge on any atom is -0.389 e. The summed E-state index contributed by atoms with van der Waals surface area (Å²) in [4.78, 5) is 12.6. The van der Waals surface area contributed by atoms with E-state index in [-0.39, 0.29) is 17.3 Å². The van der Waals surface area contributed by atoms with E-state index in [0.717, 1.165) is 25.7 Å². The summed E-state index contributed by atoms with van der Waals surface area (Å²) in [6, 6.07) is 0. The van der Waals surface area contributed by atoms with Gasteiger partial charge in [0.2, 0.25) is 0 Å². The van der Waals surface area contributed by atoms with E-state index in [1.54, 1.807) is 0 Å². The van der Waals surface area contributed by atoms with Crippen LogP contribution in [0.4, 0.5) is 0 Å². The lowest BCUT2D eigenvalue weighted by molar-refractivity contribution is -0.133. The predicted octanol–water partition coefficient (Wildman–Crippen LogP) is 2.92. The van der Waals surface area contributed by atoms with Crippen molar-refractivity contribution < 1.29 is 9.90 Å². The lowest BCUT2D eigenvalue weighted by Gasteiger charge is -2.47. The average molecular weight is 301 g/mol. The van der Waals surface area contributed by atoms with Crippen molar-refractivity contribution in [3.8, 4) is 0 Å². The summed E-state index contributed by atoms with van der Waals surface area (Å²) in [5.74, 6) is 1.10. The SMILES string of the molecule is CC(C)C1(O)CCC2(C)C(=O)C3(Br)CCC2C31.